The Morgan fingerprint density at radius 1 is 1.53 bits per heavy atom. The van der Waals surface area contributed by atoms with Gasteiger partial charge in [-0.15, -0.1) is 0 Å². The number of pyridine rings is 1. The first-order chi connectivity index (χ1) is 8.08. The molecule has 0 fully saturated rings. The molecule has 0 aliphatic rings. The lowest BCUT2D eigenvalue weighted by Gasteiger charge is -2.09. The van der Waals surface area contributed by atoms with Gasteiger partial charge in [0, 0.05) is 6.54 Å². The van der Waals surface area contributed by atoms with Crippen molar-refractivity contribution in [3.8, 4) is 0 Å². The van der Waals surface area contributed by atoms with Crippen LogP contribution in [0.2, 0.25) is 0 Å². The standard InChI is InChI=1S/C11H14F2N2O2/c1-2-17-9(16)5-7-3-4-8(6-14)15-10(7)11(12)13/h3-4,11H,2,5-6,14H2,1H3. The summed E-state index contributed by atoms with van der Waals surface area (Å²) in [6, 6.07) is 2.97. The van der Waals surface area contributed by atoms with Gasteiger partial charge in [0.25, 0.3) is 6.43 Å². The van der Waals surface area contributed by atoms with Gasteiger partial charge in [-0.2, -0.15) is 0 Å². The molecule has 0 bridgehead atoms. The lowest BCUT2D eigenvalue weighted by atomic mass is 10.1. The fourth-order valence-corrected chi connectivity index (χ4v) is 1.37. The van der Waals surface area contributed by atoms with Crippen LogP contribution in [0.4, 0.5) is 8.78 Å². The quantitative estimate of drug-likeness (QED) is 0.799. The molecule has 0 radical (unpaired) electrons. The molecule has 17 heavy (non-hydrogen) atoms. The molecule has 0 unspecified atom stereocenters. The van der Waals surface area contributed by atoms with E-state index in [4.69, 9.17) is 10.5 Å². The number of carbonyl (C=O) groups is 1. The van der Waals surface area contributed by atoms with E-state index < -0.39 is 18.1 Å². The first kappa shape index (κ1) is 13.5. The molecule has 0 saturated carbocycles. The van der Waals surface area contributed by atoms with Crippen molar-refractivity contribution < 1.29 is 18.3 Å². The predicted octanol–water partition coefficient (Wildman–Crippen LogP) is 1.58. The highest BCUT2D eigenvalue weighted by atomic mass is 19.3. The summed E-state index contributed by atoms with van der Waals surface area (Å²) in [7, 11) is 0. The molecule has 0 amide bonds. The summed E-state index contributed by atoms with van der Waals surface area (Å²) in [6.45, 7) is 1.96. The third-order valence-electron chi connectivity index (χ3n) is 2.13. The minimum Gasteiger partial charge on any atom is -0.466 e. The third kappa shape index (κ3) is 3.74. The van der Waals surface area contributed by atoms with Crippen molar-refractivity contribution in [2.75, 3.05) is 6.61 Å². The van der Waals surface area contributed by atoms with Gasteiger partial charge >= 0.3 is 5.97 Å². The van der Waals surface area contributed by atoms with Crippen molar-refractivity contribution in [3.05, 3.63) is 29.1 Å². The van der Waals surface area contributed by atoms with Crippen molar-refractivity contribution in [1.82, 2.24) is 4.98 Å². The zero-order chi connectivity index (χ0) is 12.8. The molecule has 0 aromatic carbocycles. The largest absolute Gasteiger partial charge is 0.466 e. The molecule has 6 heteroatoms. The van der Waals surface area contributed by atoms with Crippen LogP contribution in [0.15, 0.2) is 12.1 Å². The van der Waals surface area contributed by atoms with Gasteiger partial charge in [-0.05, 0) is 18.6 Å². The Hall–Kier alpha value is -1.56. The highest BCUT2D eigenvalue weighted by molar-refractivity contribution is 5.72. The monoisotopic (exact) mass is 244 g/mol. The number of hydrogen-bond acceptors (Lipinski definition) is 4. The number of esters is 1. The summed E-state index contributed by atoms with van der Waals surface area (Å²) in [4.78, 5) is 14.9. The number of hydrogen-bond donors (Lipinski definition) is 1. The number of halogens is 2. The molecule has 0 aliphatic heterocycles. The van der Waals surface area contributed by atoms with Crippen LogP contribution in [0.1, 0.15) is 30.3 Å². The second-order valence-corrected chi connectivity index (χ2v) is 3.33. The summed E-state index contributed by atoms with van der Waals surface area (Å²) in [6.07, 6.45) is -2.93. The van der Waals surface area contributed by atoms with E-state index in [9.17, 15) is 13.6 Å². The smallest absolute Gasteiger partial charge is 0.310 e. The minimum absolute atomic E-state index is 0.0827. The molecule has 1 heterocycles. The molecular formula is C11H14F2N2O2. The van der Waals surface area contributed by atoms with E-state index in [1.807, 2.05) is 0 Å². The number of rotatable bonds is 5. The number of ether oxygens (including phenoxy) is 1. The molecule has 4 nitrogen and oxygen atoms in total. The molecule has 0 atom stereocenters. The number of nitrogens with two attached hydrogens (primary N) is 1. The fourth-order valence-electron chi connectivity index (χ4n) is 1.37. The van der Waals surface area contributed by atoms with E-state index in [1.165, 1.54) is 12.1 Å². The molecule has 0 aliphatic carbocycles. The van der Waals surface area contributed by atoms with Crippen molar-refractivity contribution >= 4 is 5.97 Å². The van der Waals surface area contributed by atoms with Gasteiger partial charge in [-0.25, -0.2) is 8.78 Å². The number of carbonyl (C=O) groups excluding carboxylic acids is 1. The van der Waals surface area contributed by atoms with Crippen molar-refractivity contribution in [2.45, 2.75) is 26.3 Å². The molecule has 1 aromatic rings. The normalized spacial score (nSPS) is 10.6. The molecule has 0 saturated heterocycles. The van der Waals surface area contributed by atoms with E-state index >= 15 is 0 Å². The van der Waals surface area contributed by atoms with Gasteiger partial charge in [0.2, 0.25) is 0 Å². The lowest BCUT2D eigenvalue weighted by Crippen LogP contribution is -2.12. The number of nitrogens with zero attached hydrogens (tertiary/aromatic N) is 1. The van der Waals surface area contributed by atoms with Crippen LogP contribution >= 0.6 is 0 Å². The second-order valence-electron chi connectivity index (χ2n) is 3.33. The zero-order valence-corrected chi connectivity index (χ0v) is 9.45. The summed E-state index contributed by atoms with van der Waals surface area (Å²) in [5, 5.41) is 0. The Bertz CT molecular complexity index is 397. The Kier molecular flexibility index (Phi) is 4.96. The SMILES string of the molecule is CCOC(=O)Cc1ccc(CN)nc1C(F)F. The van der Waals surface area contributed by atoms with E-state index in [0.29, 0.717) is 5.69 Å². The average molecular weight is 244 g/mol. The maximum absolute atomic E-state index is 12.7. The summed E-state index contributed by atoms with van der Waals surface area (Å²) in [5.41, 5.74) is 5.46. The van der Waals surface area contributed by atoms with Crippen molar-refractivity contribution in [1.29, 1.82) is 0 Å². The molecule has 94 valence electrons. The van der Waals surface area contributed by atoms with Crippen LogP contribution in [0.25, 0.3) is 0 Å². The van der Waals surface area contributed by atoms with Crippen LogP contribution in [0.3, 0.4) is 0 Å². The van der Waals surface area contributed by atoms with E-state index in [0.717, 1.165) is 0 Å². The third-order valence-corrected chi connectivity index (χ3v) is 2.13. The van der Waals surface area contributed by atoms with Crippen LogP contribution < -0.4 is 5.73 Å². The van der Waals surface area contributed by atoms with E-state index in [2.05, 4.69) is 4.98 Å². The van der Waals surface area contributed by atoms with Gasteiger partial charge in [-0.3, -0.25) is 9.78 Å². The Morgan fingerprint density at radius 3 is 2.76 bits per heavy atom. The molecular weight excluding hydrogens is 230 g/mol. The van der Waals surface area contributed by atoms with Gasteiger partial charge < -0.3 is 10.5 Å². The van der Waals surface area contributed by atoms with Gasteiger partial charge in [0.15, 0.2) is 0 Å². The van der Waals surface area contributed by atoms with Gasteiger partial charge in [0.05, 0.1) is 18.7 Å². The average Bonchev–Trinajstić information content (AvgIpc) is 2.29. The predicted molar refractivity (Wildman–Crippen MR) is 57.4 cm³/mol. The summed E-state index contributed by atoms with van der Waals surface area (Å²) >= 11 is 0. The molecule has 1 rings (SSSR count). The van der Waals surface area contributed by atoms with Crippen LogP contribution in [0.5, 0.6) is 0 Å². The molecule has 2 N–H and O–H groups in total. The van der Waals surface area contributed by atoms with Crippen LogP contribution in [-0.4, -0.2) is 17.6 Å². The molecule has 0 spiro atoms. The second kappa shape index (κ2) is 6.24. The Balaban J connectivity index is 2.94. The maximum atomic E-state index is 12.7. The molecule has 1 aromatic heterocycles. The fraction of sp³-hybridized carbons (Fsp3) is 0.455. The van der Waals surface area contributed by atoms with Crippen LogP contribution in [0, 0.1) is 0 Å². The van der Waals surface area contributed by atoms with E-state index in [-0.39, 0.29) is 25.1 Å². The first-order valence-corrected chi connectivity index (χ1v) is 5.21. The summed E-state index contributed by atoms with van der Waals surface area (Å²) < 4.78 is 30.2. The lowest BCUT2D eigenvalue weighted by molar-refractivity contribution is -0.142. The number of alkyl halides is 2. The van der Waals surface area contributed by atoms with E-state index in [1.54, 1.807) is 6.92 Å². The Labute approximate surface area is 97.8 Å². The topological polar surface area (TPSA) is 65.2 Å². The first-order valence-electron chi connectivity index (χ1n) is 5.21. The van der Waals surface area contributed by atoms with Gasteiger partial charge in [0.1, 0.15) is 5.69 Å². The highest BCUT2D eigenvalue weighted by Gasteiger charge is 2.18. The van der Waals surface area contributed by atoms with Crippen molar-refractivity contribution in [3.63, 3.8) is 0 Å². The van der Waals surface area contributed by atoms with Crippen molar-refractivity contribution in [2.24, 2.45) is 5.73 Å². The maximum Gasteiger partial charge on any atom is 0.310 e. The summed E-state index contributed by atoms with van der Waals surface area (Å²) in [5.74, 6) is -0.545. The highest BCUT2D eigenvalue weighted by Crippen LogP contribution is 2.22. The van der Waals surface area contributed by atoms with Gasteiger partial charge in [-0.1, -0.05) is 6.07 Å². The zero-order valence-electron chi connectivity index (χ0n) is 9.45. The Morgan fingerprint density at radius 2 is 2.24 bits per heavy atom. The minimum atomic E-state index is -2.73. The van der Waals surface area contributed by atoms with Crippen LogP contribution in [-0.2, 0) is 22.5 Å². The number of aromatic nitrogens is 1.